The maximum atomic E-state index is 12.4. The van der Waals surface area contributed by atoms with E-state index in [1.54, 1.807) is 36.4 Å². The van der Waals surface area contributed by atoms with E-state index in [0.717, 1.165) is 0 Å². The smallest absolute Gasteiger partial charge is 0.420 e. The first-order valence-electron chi connectivity index (χ1n) is 7.59. The molecule has 3 aromatic rings. The fourth-order valence-corrected chi connectivity index (χ4v) is 2.86. The summed E-state index contributed by atoms with van der Waals surface area (Å²) < 4.78 is 17.3. The maximum absolute atomic E-state index is 12.4. The molecule has 2 aromatic carbocycles. The molecule has 1 amide bonds. The quantitative estimate of drug-likeness (QED) is 0.776. The second-order valence-electron chi connectivity index (χ2n) is 5.45. The molecule has 128 valence electrons. The lowest BCUT2D eigenvalue weighted by Crippen LogP contribution is -2.25. The summed E-state index contributed by atoms with van der Waals surface area (Å²) in [6, 6.07) is 10.1. The normalized spacial score (nSPS) is 13.0. The Hall–Kier alpha value is -2.93. The van der Waals surface area contributed by atoms with Crippen molar-refractivity contribution in [2.75, 3.05) is 18.5 Å². The Morgan fingerprint density at radius 3 is 2.68 bits per heavy atom. The lowest BCUT2D eigenvalue weighted by Gasteiger charge is -2.20. The van der Waals surface area contributed by atoms with Gasteiger partial charge in [0.1, 0.15) is 19.8 Å². The molecule has 0 aliphatic carbocycles. The average molecular weight is 361 g/mol. The first-order valence-corrected chi connectivity index (χ1v) is 7.97. The molecule has 1 aliphatic heterocycles. The summed E-state index contributed by atoms with van der Waals surface area (Å²) >= 11 is 6.18. The first kappa shape index (κ1) is 15.6. The number of benzene rings is 2. The number of hydrogen-bond donors (Lipinski definition) is 1. The largest absolute Gasteiger partial charge is 0.486 e. The number of amides is 1. The van der Waals surface area contributed by atoms with E-state index in [4.69, 9.17) is 25.5 Å². The van der Waals surface area contributed by atoms with E-state index < -0.39 is 11.7 Å². The van der Waals surface area contributed by atoms with Crippen LogP contribution in [0.15, 0.2) is 45.6 Å². The van der Waals surface area contributed by atoms with Crippen molar-refractivity contribution < 1.29 is 18.7 Å². The van der Waals surface area contributed by atoms with E-state index in [1.807, 2.05) is 0 Å². The molecule has 0 fully saturated rings. The zero-order valence-corrected chi connectivity index (χ0v) is 13.7. The lowest BCUT2D eigenvalue weighted by molar-refractivity contribution is -0.116. The molecule has 4 rings (SSSR count). The Balaban J connectivity index is 1.58. The van der Waals surface area contributed by atoms with Crippen molar-refractivity contribution in [3.05, 3.63) is 52.0 Å². The van der Waals surface area contributed by atoms with Crippen LogP contribution >= 0.6 is 11.6 Å². The van der Waals surface area contributed by atoms with Crippen LogP contribution < -0.4 is 20.5 Å². The number of fused-ring (bicyclic) bond motifs is 2. The number of nitrogens with zero attached hydrogens (tertiary/aromatic N) is 1. The number of para-hydroxylation sites is 2. The molecule has 0 saturated heterocycles. The highest BCUT2D eigenvalue weighted by Crippen LogP contribution is 2.37. The predicted octanol–water partition coefficient (Wildman–Crippen LogP) is 2.66. The summed E-state index contributed by atoms with van der Waals surface area (Å²) in [5.41, 5.74) is 1.37. The van der Waals surface area contributed by atoms with Crippen LogP contribution in [0, 0.1) is 0 Å². The highest BCUT2D eigenvalue weighted by molar-refractivity contribution is 6.34. The number of carbonyl (C=O) groups excluding carboxylic acids is 1. The van der Waals surface area contributed by atoms with E-state index in [-0.39, 0.29) is 6.54 Å². The third-order valence-corrected chi connectivity index (χ3v) is 4.09. The SMILES string of the molecule is O=C(Cn1c(=O)oc2ccccc21)Nc1cc2c(cc1Cl)OCCO2. The molecule has 1 N–H and O–H groups in total. The third kappa shape index (κ3) is 2.94. The number of oxazole rings is 1. The summed E-state index contributed by atoms with van der Waals surface area (Å²) in [4.78, 5) is 24.3. The number of rotatable bonds is 3. The topological polar surface area (TPSA) is 82.7 Å². The Morgan fingerprint density at radius 1 is 1.16 bits per heavy atom. The molecule has 7 nitrogen and oxygen atoms in total. The molecular weight excluding hydrogens is 348 g/mol. The van der Waals surface area contributed by atoms with Crippen molar-refractivity contribution in [1.82, 2.24) is 4.57 Å². The van der Waals surface area contributed by atoms with Crippen LogP contribution in [0.5, 0.6) is 11.5 Å². The van der Waals surface area contributed by atoms with Gasteiger partial charge in [-0.05, 0) is 12.1 Å². The van der Waals surface area contributed by atoms with Gasteiger partial charge in [0.05, 0.1) is 16.2 Å². The molecule has 8 heteroatoms. The van der Waals surface area contributed by atoms with Gasteiger partial charge in [0, 0.05) is 12.1 Å². The van der Waals surface area contributed by atoms with Gasteiger partial charge < -0.3 is 19.2 Å². The zero-order chi connectivity index (χ0) is 17.4. The fourth-order valence-electron chi connectivity index (χ4n) is 2.66. The van der Waals surface area contributed by atoms with E-state index in [1.165, 1.54) is 4.57 Å². The second-order valence-corrected chi connectivity index (χ2v) is 5.85. The fraction of sp³-hybridized carbons (Fsp3) is 0.176. The van der Waals surface area contributed by atoms with Crippen LogP contribution in [-0.2, 0) is 11.3 Å². The molecular formula is C17H13ClN2O5. The van der Waals surface area contributed by atoms with Gasteiger partial charge in [-0.15, -0.1) is 0 Å². The maximum Gasteiger partial charge on any atom is 0.420 e. The first-order chi connectivity index (χ1) is 12.1. The molecule has 1 aliphatic rings. The van der Waals surface area contributed by atoms with Gasteiger partial charge in [-0.2, -0.15) is 0 Å². The Morgan fingerprint density at radius 2 is 1.88 bits per heavy atom. The molecule has 0 bridgehead atoms. The molecule has 2 heterocycles. The molecule has 25 heavy (non-hydrogen) atoms. The number of hydrogen-bond acceptors (Lipinski definition) is 5. The van der Waals surface area contributed by atoms with Gasteiger partial charge in [-0.1, -0.05) is 23.7 Å². The molecule has 0 radical (unpaired) electrons. The summed E-state index contributed by atoms with van der Waals surface area (Å²) in [6.45, 7) is 0.685. The Kier molecular flexibility index (Phi) is 3.85. The van der Waals surface area contributed by atoms with Gasteiger partial charge in [-0.25, -0.2) is 4.79 Å². The van der Waals surface area contributed by atoms with Crippen molar-refractivity contribution in [2.24, 2.45) is 0 Å². The average Bonchev–Trinajstić information content (AvgIpc) is 2.91. The van der Waals surface area contributed by atoms with Gasteiger partial charge in [0.2, 0.25) is 5.91 Å². The number of aromatic nitrogens is 1. The van der Waals surface area contributed by atoms with Crippen molar-refractivity contribution in [2.45, 2.75) is 6.54 Å². The number of nitrogens with one attached hydrogen (secondary N) is 1. The third-order valence-electron chi connectivity index (χ3n) is 3.78. The monoisotopic (exact) mass is 360 g/mol. The van der Waals surface area contributed by atoms with Crippen LogP contribution in [0.2, 0.25) is 5.02 Å². The Labute approximate surface area is 146 Å². The van der Waals surface area contributed by atoms with Crippen LogP contribution in [0.3, 0.4) is 0 Å². The predicted molar refractivity (Wildman–Crippen MR) is 91.5 cm³/mol. The summed E-state index contributed by atoms with van der Waals surface area (Å²) in [5, 5.41) is 3.00. The Bertz CT molecular complexity index is 1020. The highest BCUT2D eigenvalue weighted by atomic mass is 35.5. The van der Waals surface area contributed by atoms with Crippen LogP contribution in [0.25, 0.3) is 11.1 Å². The van der Waals surface area contributed by atoms with Crippen molar-refractivity contribution in [1.29, 1.82) is 0 Å². The number of halogens is 1. The van der Waals surface area contributed by atoms with Crippen molar-refractivity contribution >= 4 is 34.3 Å². The van der Waals surface area contributed by atoms with Crippen LogP contribution in [-0.4, -0.2) is 23.7 Å². The minimum absolute atomic E-state index is 0.194. The van der Waals surface area contributed by atoms with E-state index >= 15 is 0 Å². The minimum atomic E-state index is -0.593. The van der Waals surface area contributed by atoms with Gasteiger partial charge in [0.25, 0.3) is 0 Å². The number of carbonyl (C=O) groups is 1. The molecule has 0 unspecified atom stereocenters. The van der Waals surface area contributed by atoms with Gasteiger partial charge >= 0.3 is 5.76 Å². The number of ether oxygens (including phenoxy) is 2. The van der Waals surface area contributed by atoms with Gasteiger partial charge in [0.15, 0.2) is 17.1 Å². The van der Waals surface area contributed by atoms with E-state index in [9.17, 15) is 9.59 Å². The summed E-state index contributed by atoms with van der Waals surface area (Å²) in [7, 11) is 0. The molecule has 1 aromatic heterocycles. The van der Waals surface area contributed by atoms with Crippen LogP contribution in [0.4, 0.5) is 5.69 Å². The molecule has 0 spiro atoms. The lowest BCUT2D eigenvalue weighted by atomic mass is 10.2. The minimum Gasteiger partial charge on any atom is -0.486 e. The summed E-state index contributed by atoms with van der Waals surface area (Å²) in [6.07, 6.45) is 0. The standard InChI is InChI=1S/C17H13ClN2O5/c18-10-7-14-15(24-6-5-23-14)8-11(10)19-16(21)9-20-12-3-1-2-4-13(12)25-17(20)22/h1-4,7-8H,5-6,9H2,(H,19,21). The second kappa shape index (κ2) is 6.18. The highest BCUT2D eigenvalue weighted by Gasteiger charge is 2.18. The van der Waals surface area contributed by atoms with Gasteiger partial charge in [-0.3, -0.25) is 9.36 Å². The van der Waals surface area contributed by atoms with E-state index in [2.05, 4.69) is 5.32 Å². The summed E-state index contributed by atoms with van der Waals surface area (Å²) in [5.74, 6) is 0.0417. The van der Waals surface area contributed by atoms with Crippen molar-refractivity contribution in [3.63, 3.8) is 0 Å². The van der Waals surface area contributed by atoms with E-state index in [0.29, 0.717) is 46.5 Å². The molecule has 0 saturated carbocycles. The van der Waals surface area contributed by atoms with Crippen molar-refractivity contribution in [3.8, 4) is 11.5 Å². The number of anilines is 1. The zero-order valence-electron chi connectivity index (χ0n) is 13.0. The molecule has 0 atom stereocenters. The van der Waals surface area contributed by atoms with Crippen LogP contribution in [0.1, 0.15) is 0 Å².